The second-order valence-corrected chi connectivity index (χ2v) is 9.55. The lowest BCUT2D eigenvalue weighted by molar-refractivity contribution is -0.142. The molecule has 2 heterocycles. The highest BCUT2D eigenvalue weighted by atomic mass is 16.3. The van der Waals surface area contributed by atoms with Gasteiger partial charge in [-0.3, -0.25) is 9.59 Å². The molecular formula is C28H30N6O4. The molecule has 0 spiro atoms. The highest BCUT2D eigenvalue weighted by molar-refractivity contribution is 5.89. The molecule has 1 aliphatic carbocycles. The van der Waals surface area contributed by atoms with Crippen molar-refractivity contribution in [2.75, 3.05) is 0 Å². The number of furan rings is 1. The van der Waals surface area contributed by atoms with Gasteiger partial charge < -0.3 is 19.7 Å². The predicted octanol–water partition coefficient (Wildman–Crippen LogP) is 3.78. The molecule has 4 aromatic rings. The second-order valence-electron chi connectivity index (χ2n) is 9.55. The van der Waals surface area contributed by atoms with Crippen LogP contribution in [0, 0.1) is 6.92 Å². The minimum atomic E-state index is -0.917. The average molecular weight is 515 g/mol. The summed E-state index contributed by atoms with van der Waals surface area (Å²) in [6, 6.07) is 18.6. The van der Waals surface area contributed by atoms with Gasteiger partial charge in [-0.05, 0) is 60.4 Å². The Labute approximate surface area is 220 Å². The van der Waals surface area contributed by atoms with E-state index >= 15 is 0 Å². The van der Waals surface area contributed by atoms with Crippen molar-refractivity contribution >= 4 is 11.8 Å². The van der Waals surface area contributed by atoms with Crippen molar-refractivity contribution in [1.29, 1.82) is 0 Å². The zero-order valence-corrected chi connectivity index (χ0v) is 21.2. The Hall–Kier alpha value is -4.47. The Morgan fingerprint density at radius 2 is 1.82 bits per heavy atom. The van der Waals surface area contributed by atoms with Gasteiger partial charge in [-0.2, -0.15) is 4.80 Å². The zero-order valence-electron chi connectivity index (χ0n) is 21.2. The first-order chi connectivity index (χ1) is 18.5. The van der Waals surface area contributed by atoms with Crippen molar-refractivity contribution in [3.05, 3.63) is 83.6 Å². The van der Waals surface area contributed by atoms with E-state index in [2.05, 4.69) is 20.7 Å². The highest BCUT2D eigenvalue weighted by Crippen LogP contribution is 2.27. The molecule has 1 saturated carbocycles. The van der Waals surface area contributed by atoms with Crippen molar-refractivity contribution in [3.63, 3.8) is 0 Å². The van der Waals surface area contributed by atoms with Gasteiger partial charge in [0, 0.05) is 12.6 Å². The summed E-state index contributed by atoms with van der Waals surface area (Å²) in [5, 5.41) is 25.4. The van der Waals surface area contributed by atoms with Crippen molar-refractivity contribution in [2.24, 2.45) is 0 Å². The van der Waals surface area contributed by atoms with Gasteiger partial charge in [0.2, 0.25) is 17.6 Å². The van der Waals surface area contributed by atoms with Crippen molar-refractivity contribution in [1.82, 2.24) is 30.4 Å². The summed E-state index contributed by atoms with van der Waals surface area (Å²) in [4.78, 5) is 30.3. The van der Waals surface area contributed by atoms with Crippen molar-refractivity contribution < 1.29 is 19.1 Å². The molecule has 0 radical (unpaired) electrons. The van der Waals surface area contributed by atoms with E-state index in [1.807, 2.05) is 37.3 Å². The normalized spacial score (nSPS) is 14.3. The Morgan fingerprint density at radius 1 is 1.08 bits per heavy atom. The lowest BCUT2D eigenvalue weighted by Gasteiger charge is -2.32. The number of phenolic OH excluding ortho intramolecular Hbond substituents is 1. The fourth-order valence-electron chi connectivity index (χ4n) is 4.76. The van der Waals surface area contributed by atoms with Gasteiger partial charge in [0.05, 0.1) is 0 Å². The standard InChI is InChI=1S/C28H30N6O4/c1-19-11-16-24(38-19)27-30-32-34(31-27)18-25(36)33(17-20-7-3-2-4-8-20)26(21-12-14-23(35)15-13-21)28(37)29-22-9-5-6-10-22/h2-4,7-8,11-16,22,26,35H,5-6,9-10,17-18H2,1H3,(H,29,37)/t26-/m1/s1. The molecule has 38 heavy (non-hydrogen) atoms. The van der Waals surface area contributed by atoms with Crippen LogP contribution in [0.5, 0.6) is 5.75 Å². The van der Waals surface area contributed by atoms with E-state index in [9.17, 15) is 14.7 Å². The number of tetrazole rings is 1. The van der Waals surface area contributed by atoms with E-state index in [-0.39, 0.29) is 42.5 Å². The molecule has 2 aromatic heterocycles. The summed E-state index contributed by atoms with van der Waals surface area (Å²) < 4.78 is 5.57. The maximum atomic E-state index is 13.8. The van der Waals surface area contributed by atoms with Gasteiger partial charge in [-0.15, -0.1) is 10.2 Å². The number of aryl methyl sites for hydroxylation is 1. The van der Waals surface area contributed by atoms with Gasteiger partial charge in [0.1, 0.15) is 24.1 Å². The molecule has 1 aliphatic rings. The van der Waals surface area contributed by atoms with E-state index in [0.29, 0.717) is 17.1 Å². The molecule has 0 aliphatic heterocycles. The van der Waals surface area contributed by atoms with Crippen LogP contribution in [0.1, 0.15) is 48.6 Å². The van der Waals surface area contributed by atoms with Crippen molar-refractivity contribution in [2.45, 2.75) is 57.8 Å². The number of carbonyl (C=O) groups excluding carboxylic acids is 2. The quantitative estimate of drug-likeness (QED) is 0.348. The number of nitrogens with zero attached hydrogens (tertiary/aromatic N) is 5. The third kappa shape index (κ3) is 5.91. The number of amides is 2. The second kappa shape index (κ2) is 11.3. The monoisotopic (exact) mass is 514 g/mol. The first-order valence-corrected chi connectivity index (χ1v) is 12.7. The topological polar surface area (TPSA) is 126 Å². The molecule has 2 aromatic carbocycles. The number of aromatic hydroxyl groups is 1. The largest absolute Gasteiger partial charge is 0.508 e. The molecule has 0 unspecified atom stereocenters. The maximum absolute atomic E-state index is 13.8. The van der Waals surface area contributed by atoms with Gasteiger partial charge in [-0.1, -0.05) is 55.3 Å². The van der Waals surface area contributed by atoms with E-state index < -0.39 is 6.04 Å². The van der Waals surface area contributed by atoms with E-state index in [0.717, 1.165) is 31.2 Å². The fourth-order valence-corrected chi connectivity index (χ4v) is 4.76. The van der Waals surface area contributed by atoms with Crippen LogP contribution in [-0.4, -0.2) is 48.1 Å². The third-order valence-electron chi connectivity index (χ3n) is 6.68. The molecular weight excluding hydrogens is 484 g/mol. The van der Waals surface area contributed by atoms with Crippen LogP contribution in [0.15, 0.2) is 71.1 Å². The SMILES string of the molecule is Cc1ccc(-c2nnn(CC(=O)N(Cc3ccccc3)[C@@H](C(=O)NC3CCCC3)c3ccc(O)cc3)n2)o1. The number of nitrogens with one attached hydrogen (secondary N) is 1. The van der Waals surface area contributed by atoms with Crippen LogP contribution in [0.25, 0.3) is 11.6 Å². The molecule has 1 fully saturated rings. The van der Waals surface area contributed by atoms with E-state index in [4.69, 9.17) is 4.42 Å². The fraction of sp³-hybridized carbons (Fsp3) is 0.321. The van der Waals surface area contributed by atoms with Gasteiger partial charge in [-0.25, -0.2) is 0 Å². The predicted molar refractivity (Wildman–Crippen MR) is 138 cm³/mol. The molecule has 0 bridgehead atoms. The molecule has 2 N–H and O–H groups in total. The number of benzene rings is 2. The zero-order chi connectivity index (χ0) is 26.5. The van der Waals surface area contributed by atoms with Crippen molar-refractivity contribution in [3.8, 4) is 17.3 Å². The summed E-state index contributed by atoms with van der Waals surface area (Å²) in [6.07, 6.45) is 3.96. The number of phenols is 1. The van der Waals surface area contributed by atoms with Crippen LogP contribution in [0.4, 0.5) is 0 Å². The maximum Gasteiger partial charge on any atom is 0.247 e. The minimum Gasteiger partial charge on any atom is -0.508 e. The minimum absolute atomic E-state index is 0.0760. The molecule has 0 saturated heterocycles. The molecule has 196 valence electrons. The Bertz CT molecular complexity index is 1380. The molecule has 10 heteroatoms. The lowest BCUT2D eigenvalue weighted by Crippen LogP contribution is -2.46. The first-order valence-electron chi connectivity index (χ1n) is 12.7. The Morgan fingerprint density at radius 3 is 2.50 bits per heavy atom. The number of hydrogen-bond donors (Lipinski definition) is 2. The van der Waals surface area contributed by atoms with Crippen LogP contribution in [0.2, 0.25) is 0 Å². The van der Waals surface area contributed by atoms with Crippen LogP contribution in [-0.2, 0) is 22.7 Å². The van der Waals surface area contributed by atoms with Crippen LogP contribution < -0.4 is 5.32 Å². The molecule has 5 rings (SSSR count). The Balaban J connectivity index is 1.46. The van der Waals surface area contributed by atoms with Gasteiger partial charge >= 0.3 is 0 Å². The molecule has 2 amide bonds. The van der Waals surface area contributed by atoms with Crippen LogP contribution >= 0.6 is 0 Å². The van der Waals surface area contributed by atoms with Gasteiger partial charge in [0.25, 0.3) is 0 Å². The number of carbonyl (C=O) groups is 2. The molecule has 10 nitrogen and oxygen atoms in total. The highest BCUT2D eigenvalue weighted by Gasteiger charge is 2.33. The number of hydrogen-bond acceptors (Lipinski definition) is 7. The summed E-state index contributed by atoms with van der Waals surface area (Å²) in [7, 11) is 0. The number of aromatic nitrogens is 4. The lowest BCUT2D eigenvalue weighted by atomic mass is 10.0. The summed E-state index contributed by atoms with van der Waals surface area (Å²) in [6.45, 7) is 1.80. The smallest absolute Gasteiger partial charge is 0.247 e. The van der Waals surface area contributed by atoms with E-state index in [1.165, 1.54) is 21.8 Å². The first kappa shape index (κ1) is 25.2. The number of rotatable bonds is 9. The third-order valence-corrected chi connectivity index (χ3v) is 6.68. The summed E-state index contributed by atoms with van der Waals surface area (Å²) in [5.41, 5.74) is 1.47. The van der Waals surface area contributed by atoms with E-state index in [1.54, 1.807) is 24.3 Å². The summed E-state index contributed by atoms with van der Waals surface area (Å²) in [5.74, 6) is 0.914. The van der Waals surface area contributed by atoms with Crippen LogP contribution in [0.3, 0.4) is 0 Å². The average Bonchev–Trinajstić information content (AvgIpc) is 3.68. The molecule has 1 atom stereocenters. The van der Waals surface area contributed by atoms with Gasteiger partial charge in [0.15, 0.2) is 5.76 Å². The Kier molecular flexibility index (Phi) is 7.48. The summed E-state index contributed by atoms with van der Waals surface area (Å²) >= 11 is 0.